The van der Waals surface area contributed by atoms with Gasteiger partial charge < -0.3 is 5.73 Å². The number of nitriles is 1. The normalized spacial score (nSPS) is 8.64. The fraction of sp³-hybridized carbons (Fsp3) is 0. The maximum atomic E-state index is 10.3. The van der Waals surface area contributed by atoms with Crippen molar-refractivity contribution in [1.29, 1.82) is 5.26 Å². The van der Waals surface area contributed by atoms with Gasteiger partial charge in [-0.2, -0.15) is 10.4 Å². The van der Waals surface area contributed by atoms with E-state index in [4.69, 9.17) is 11.0 Å². The predicted molar refractivity (Wildman–Crippen MR) is 36.5 cm³/mol. The first kappa shape index (κ1) is 7.08. The number of carbonyl (C=O) groups is 1. The van der Waals surface area contributed by atoms with Gasteiger partial charge in [0.15, 0.2) is 0 Å². The molecule has 56 valence electrons. The molecule has 0 spiro atoms. The second-order valence-electron chi connectivity index (χ2n) is 1.76. The molecule has 11 heavy (non-hydrogen) atoms. The van der Waals surface area contributed by atoms with Gasteiger partial charge in [0, 0.05) is 0 Å². The van der Waals surface area contributed by atoms with Gasteiger partial charge >= 0.3 is 6.03 Å². The number of carbonyl (C=O) groups excluding carboxylic acids is 1. The van der Waals surface area contributed by atoms with E-state index in [-0.39, 0.29) is 11.4 Å². The monoisotopic (exact) mass is 151 g/mol. The Hall–Kier alpha value is -2.03. The van der Waals surface area contributed by atoms with E-state index in [9.17, 15) is 4.79 Å². The molecule has 6 nitrogen and oxygen atoms in total. The minimum absolute atomic E-state index is 0.222. The molecule has 1 aromatic heterocycles. The number of anilines is 1. The zero-order chi connectivity index (χ0) is 8.27. The van der Waals surface area contributed by atoms with Crippen LogP contribution < -0.4 is 11.1 Å². The van der Waals surface area contributed by atoms with Gasteiger partial charge in [0.1, 0.15) is 17.5 Å². The fourth-order valence-corrected chi connectivity index (χ4v) is 0.589. The van der Waals surface area contributed by atoms with Crippen molar-refractivity contribution in [2.75, 3.05) is 5.32 Å². The minimum Gasteiger partial charge on any atom is -0.351 e. The summed E-state index contributed by atoms with van der Waals surface area (Å²) in [5.41, 5.74) is 5.05. The van der Waals surface area contributed by atoms with E-state index < -0.39 is 6.03 Å². The molecule has 0 fully saturated rings. The molecule has 0 saturated heterocycles. The molecule has 0 aliphatic rings. The second kappa shape index (κ2) is 2.70. The van der Waals surface area contributed by atoms with Crippen molar-refractivity contribution in [2.24, 2.45) is 5.73 Å². The van der Waals surface area contributed by atoms with Crippen LogP contribution in [0.4, 0.5) is 10.6 Å². The number of urea groups is 1. The van der Waals surface area contributed by atoms with Crippen molar-refractivity contribution in [3.63, 3.8) is 0 Å². The van der Waals surface area contributed by atoms with Gasteiger partial charge in [-0.15, -0.1) is 0 Å². The van der Waals surface area contributed by atoms with Crippen molar-refractivity contribution in [3.8, 4) is 6.07 Å². The molecular formula is C5H5N5O. The topological polar surface area (TPSA) is 108 Å². The number of hydrogen-bond acceptors (Lipinski definition) is 3. The highest BCUT2D eigenvalue weighted by molar-refractivity contribution is 5.87. The molecule has 0 aliphatic heterocycles. The lowest BCUT2D eigenvalue weighted by atomic mass is 10.4. The van der Waals surface area contributed by atoms with Gasteiger partial charge in [0.2, 0.25) is 0 Å². The summed E-state index contributed by atoms with van der Waals surface area (Å²) in [5, 5.41) is 16.6. The molecule has 0 radical (unpaired) electrons. The van der Waals surface area contributed by atoms with Crippen LogP contribution in [0.25, 0.3) is 0 Å². The number of nitrogens with zero attached hydrogens (tertiary/aromatic N) is 2. The minimum atomic E-state index is -0.731. The van der Waals surface area contributed by atoms with E-state index in [1.54, 1.807) is 0 Å². The molecule has 2 amide bonds. The Morgan fingerprint density at radius 1 is 1.91 bits per heavy atom. The molecule has 1 aromatic rings. The van der Waals surface area contributed by atoms with Crippen molar-refractivity contribution >= 4 is 11.8 Å². The lowest BCUT2D eigenvalue weighted by Crippen LogP contribution is -2.20. The van der Waals surface area contributed by atoms with Crippen molar-refractivity contribution < 1.29 is 4.79 Å². The fourth-order valence-electron chi connectivity index (χ4n) is 0.589. The lowest BCUT2D eigenvalue weighted by Gasteiger charge is -1.94. The van der Waals surface area contributed by atoms with Gasteiger partial charge in [0.05, 0.1) is 6.20 Å². The summed E-state index contributed by atoms with van der Waals surface area (Å²) < 4.78 is 0. The number of nitrogens with two attached hydrogens (primary N) is 1. The summed E-state index contributed by atoms with van der Waals surface area (Å²) in [6, 6.07) is 1.09. The summed E-state index contributed by atoms with van der Waals surface area (Å²) in [4.78, 5) is 10.3. The van der Waals surface area contributed by atoms with Gasteiger partial charge in [0.25, 0.3) is 0 Å². The van der Waals surface area contributed by atoms with Crippen LogP contribution in [0, 0.1) is 11.3 Å². The first-order chi connectivity index (χ1) is 5.24. The van der Waals surface area contributed by atoms with Gasteiger partial charge in [-0.1, -0.05) is 0 Å². The summed E-state index contributed by atoms with van der Waals surface area (Å²) in [6.45, 7) is 0. The Labute approximate surface area is 62.0 Å². The van der Waals surface area contributed by atoms with Crippen LogP contribution in [-0.2, 0) is 0 Å². The molecule has 0 aromatic carbocycles. The predicted octanol–water partition coefficient (Wildman–Crippen LogP) is -0.228. The van der Waals surface area contributed by atoms with Crippen molar-refractivity contribution in [1.82, 2.24) is 10.2 Å². The van der Waals surface area contributed by atoms with Crippen LogP contribution in [0.1, 0.15) is 5.56 Å². The number of primary amides is 1. The summed E-state index contributed by atoms with van der Waals surface area (Å²) in [7, 11) is 0. The maximum absolute atomic E-state index is 10.3. The Morgan fingerprint density at radius 2 is 2.64 bits per heavy atom. The Balaban J connectivity index is 2.87. The molecule has 1 rings (SSSR count). The van der Waals surface area contributed by atoms with Crippen LogP contribution in [0.5, 0.6) is 0 Å². The smallest absolute Gasteiger partial charge is 0.317 e. The van der Waals surface area contributed by atoms with E-state index in [0.717, 1.165) is 0 Å². The van der Waals surface area contributed by atoms with Crippen LogP contribution in [0.15, 0.2) is 6.20 Å². The highest BCUT2D eigenvalue weighted by atomic mass is 16.2. The third kappa shape index (κ3) is 1.46. The SMILES string of the molecule is N#Cc1cn[nH]c1NC(N)=O. The zero-order valence-corrected chi connectivity index (χ0v) is 5.46. The number of H-pyrrole nitrogens is 1. The van der Waals surface area contributed by atoms with Gasteiger partial charge in [-0.05, 0) is 0 Å². The molecule has 0 atom stereocenters. The average Bonchev–Trinajstić information content (AvgIpc) is 2.34. The van der Waals surface area contributed by atoms with Crippen molar-refractivity contribution in [3.05, 3.63) is 11.8 Å². The number of aromatic nitrogens is 2. The summed E-state index contributed by atoms with van der Waals surface area (Å²) >= 11 is 0. The molecular weight excluding hydrogens is 146 g/mol. The van der Waals surface area contributed by atoms with Crippen LogP contribution in [-0.4, -0.2) is 16.2 Å². The average molecular weight is 151 g/mol. The standard InChI is InChI=1S/C5H5N5O/c6-1-3-2-8-10-4(3)9-5(7)11/h2H,(H4,7,8,9,10,11). The van der Waals surface area contributed by atoms with E-state index in [0.29, 0.717) is 0 Å². The quantitative estimate of drug-likeness (QED) is 0.515. The Morgan fingerprint density at radius 3 is 3.18 bits per heavy atom. The van der Waals surface area contributed by atoms with Crippen LogP contribution in [0.2, 0.25) is 0 Å². The van der Waals surface area contributed by atoms with Crippen LogP contribution >= 0.6 is 0 Å². The van der Waals surface area contributed by atoms with Crippen LogP contribution in [0.3, 0.4) is 0 Å². The van der Waals surface area contributed by atoms with E-state index in [1.165, 1.54) is 6.20 Å². The third-order valence-electron chi connectivity index (χ3n) is 1.01. The molecule has 0 saturated carbocycles. The first-order valence-electron chi connectivity index (χ1n) is 2.74. The largest absolute Gasteiger partial charge is 0.351 e. The number of aromatic amines is 1. The highest BCUT2D eigenvalue weighted by Crippen LogP contribution is 2.07. The van der Waals surface area contributed by atoms with Gasteiger partial charge in [-0.25, -0.2) is 4.79 Å². The molecule has 0 unspecified atom stereocenters. The molecule has 4 N–H and O–H groups in total. The van der Waals surface area contributed by atoms with E-state index >= 15 is 0 Å². The highest BCUT2D eigenvalue weighted by Gasteiger charge is 2.04. The first-order valence-corrected chi connectivity index (χ1v) is 2.74. The number of nitrogens with one attached hydrogen (secondary N) is 2. The Kier molecular flexibility index (Phi) is 1.74. The number of amides is 2. The number of rotatable bonds is 1. The maximum Gasteiger partial charge on any atom is 0.317 e. The van der Waals surface area contributed by atoms with Crippen molar-refractivity contribution in [2.45, 2.75) is 0 Å². The Bertz CT molecular complexity index is 309. The number of hydrogen-bond donors (Lipinski definition) is 3. The molecule has 0 aliphatic carbocycles. The lowest BCUT2D eigenvalue weighted by molar-refractivity contribution is 0.259. The van der Waals surface area contributed by atoms with E-state index in [1.807, 2.05) is 6.07 Å². The summed E-state index contributed by atoms with van der Waals surface area (Å²) in [5.74, 6) is 0.222. The van der Waals surface area contributed by atoms with Gasteiger partial charge in [-0.3, -0.25) is 10.4 Å². The zero-order valence-electron chi connectivity index (χ0n) is 5.46. The molecule has 6 heteroatoms. The summed E-state index contributed by atoms with van der Waals surface area (Å²) in [6.07, 6.45) is 1.30. The molecule has 1 heterocycles. The third-order valence-corrected chi connectivity index (χ3v) is 1.01. The molecule has 0 bridgehead atoms. The second-order valence-corrected chi connectivity index (χ2v) is 1.76. The van der Waals surface area contributed by atoms with E-state index in [2.05, 4.69) is 15.5 Å².